The van der Waals surface area contributed by atoms with Gasteiger partial charge in [0, 0.05) is 18.1 Å². The number of carbonyl (C=O) groups excluding carboxylic acids is 2. The summed E-state index contributed by atoms with van der Waals surface area (Å²) >= 11 is 6.06. The standard InChI is InChI=1S/C22H26ClFN2O2/c1-3-4-12-25-22(28)16(2)26(15-18-6-5-7-19(23)13-18)21(27)14-17-8-10-20(24)11-9-17/h5-11,13,16H,3-4,12,14-15H2,1-2H3,(H,25,28)/t16-/m0/s1. The smallest absolute Gasteiger partial charge is 0.242 e. The first-order chi connectivity index (χ1) is 13.4. The van der Waals surface area contributed by atoms with Gasteiger partial charge in [0.05, 0.1) is 6.42 Å². The van der Waals surface area contributed by atoms with Crippen molar-refractivity contribution < 1.29 is 14.0 Å². The summed E-state index contributed by atoms with van der Waals surface area (Å²) in [5.74, 6) is -0.747. The first-order valence-corrected chi connectivity index (χ1v) is 9.84. The van der Waals surface area contributed by atoms with E-state index in [1.807, 2.05) is 19.1 Å². The molecule has 2 rings (SSSR count). The average molecular weight is 405 g/mol. The van der Waals surface area contributed by atoms with Gasteiger partial charge in [-0.25, -0.2) is 4.39 Å². The van der Waals surface area contributed by atoms with Crippen molar-refractivity contribution in [1.82, 2.24) is 10.2 Å². The molecule has 150 valence electrons. The first-order valence-electron chi connectivity index (χ1n) is 9.46. The molecule has 6 heteroatoms. The van der Waals surface area contributed by atoms with E-state index in [0.717, 1.165) is 18.4 Å². The van der Waals surface area contributed by atoms with E-state index in [4.69, 9.17) is 11.6 Å². The minimum Gasteiger partial charge on any atom is -0.354 e. The molecule has 0 radical (unpaired) electrons. The number of amides is 2. The van der Waals surface area contributed by atoms with Gasteiger partial charge in [-0.05, 0) is 48.7 Å². The Morgan fingerprint density at radius 1 is 1.14 bits per heavy atom. The van der Waals surface area contributed by atoms with Gasteiger partial charge in [-0.3, -0.25) is 9.59 Å². The molecule has 4 nitrogen and oxygen atoms in total. The highest BCUT2D eigenvalue weighted by Gasteiger charge is 2.26. The Morgan fingerprint density at radius 3 is 2.50 bits per heavy atom. The Hall–Kier alpha value is -2.40. The van der Waals surface area contributed by atoms with Gasteiger partial charge in [0.15, 0.2) is 0 Å². The number of nitrogens with zero attached hydrogens (tertiary/aromatic N) is 1. The number of carbonyl (C=O) groups is 2. The topological polar surface area (TPSA) is 49.4 Å². The second-order valence-corrected chi connectivity index (χ2v) is 7.21. The van der Waals surface area contributed by atoms with Crippen molar-refractivity contribution >= 4 is 23.4 Å². The Balaban J connectivity index is 2.17. The highest BCUT2D eigenvalue weighted by atomic mass is 35.5. The van der Waals surface area contributed by atoms with Crippen LogP contribution in [0.3, 0.4) is 0 Å². The lowest BCUT2D eigenvalue weighted by molar-refractivity contribution is -0.140. The van der Waals surface area contributed by atoms with Gasteiger partial charge >= 0.3 is 0 Å². The summed E-state index contributed by atoms with van der Waals surface area (Å²) in [6.45, 7) is 4.61. The molecule has 0 spiro atoms. The Kier molecular flexibility index (Phi) is 8.45. The zero-order valence-corrected chi connectivity index (χ0v) is 17.0. The minimum absolute atomic E-state index is 0.0907. The van der Waals surface area contributed by atoms with E-state index < -0.39 is 6.04 Å². The van der Waals surface area contributed by atoms with Crippen molar-refractivity contribution in [3.05, 3.63) is 70.5 Å². The molecule has 0 unspecified atom stereocenters. The molecule has 0 aliphatic heterocycles. The van der Waals surface area contributed by atoms with Crippen LogP contribution in [0.5, 0.6) is 0 Å². The summed E-state index contributed by atoms with van der Waals surface area (Å²) in [4.78, 5) is 27.1. The molecule has 2 amide bonds. The molecule has 0 saturated heterocycles. The second-order valence-electron chi connectivity index (χ2n) is 6.78. The minimum atomic E-state index is -0.635. The van der Waals surface area contributed by atoms with Gasteiger partial charge in [0.1, 0.15) is 11.9 Å². The molecule has 2 aromatic rings. The normalized spacial score (nSPS) is 11.7. The van der Waals surface area contributed by atoms with Gasteiger partial charge < -0.3 is 10.2 Å². The monoisotopic (exact) mass is 404 g/mol. The molecule has 0 fully saturated rings. The zero-order chi connectivity index (χ0) is 20.5. The molecule has 1 atom stereocenters. The van der Waals surface area contributed by atoms with E-state index in [-0.39, 0.29) is 30.6 Å². The maximum atomic E-state index is 13.1. The highest BCUT2D eigenvalue weighted by Crippen LogP contribution is 2.16. The second kappa shape index (κ2) is 10.8. The van der Waals surface area contributed by atoms with E-state index in [9.17, 15) is 14.0 Å². The van der Waals surface area contributed by atoms with Crippen molar-refractivity contribution in [3.63, 3.8) is 0 Å². The number of rotatable bonds is 9. The fraction of sp³-hybridized carbons (Fsp3) is 0.364. The molecular weight excluding hydrogens is 379 g/mol. The predicted molar refractivity (Wildman–Crippen MR) is 109 cm³/mol. The van der Waals surface area contributed by atoms with Crippen molar-refractivity contribution in [2.75, 3.05) is 6.54 Å². The van der Waals surface area contributed by atoms with Crippen molar-refractivity contribution in [2.45, 2.75) is 45.7 Å². The highest BCUT2D eigenvalue weighted by molar-refractivity contribution is 6.30. The zero-order valence-electron chi connectivity index (χ0n) is 16.3. The van der Waals surface area contributed by atoms with E-state index in [1.165, 1.54) is 17.0 Å². The molecule has 0 heterocycles. The number of nitrogens with one attached hydrogen (secondary N) is 1. The Morgan fingerprint density at radius 2 is 1.86 bits per heavy atom. The molecule has 0 saturated carbocycles. The van der Waals surface area contributed by atoms with Crippen LogP contribution in [-0.2, 0) is 22.6 Å². The van der Waals surface area contributed by atoms with Crippen LogP contribution in [0.2, 0.25) is 5.02 Å². The largest absolute Gasteiger partial charge is 0.354 e. The molecule has 0 aromatic heterocycles. The molecule has 2 aromatic carbocycles. The summed E-state index contributed by atoms with van der Waals surface area (Å²) in [5.41, 5.74) is 1.54. The summed E-state index contributed by atoms with van der Waals surface area (Å²) in [7, 11) is 0. The summed E-state index contributed by atoms with van der Waals surface area (Å²) in [5, 5.41) is 3.45. The summed E-state index contributed by atoms with van der Waals surface area (Å²) < 4.78 is 13.1. The number of halogens is 2. The van der Waals surface area contributed by atoms with E-state index >= 15 is 0 Å². The van der Waals surface area contributed by atoms with Crippen LogP contribution in [-0.4, -0.2) is 29.3 Å². The Bertz CT molecular complexity index is 795. The number of benzene rings is 2. The Labute approximate surface area is 170 Å². The third kappa shape index (κ3) is 6.64. The van der Waals surface area contributed by atoms with E-state index in [2.05, 4.69) is 5.32 Å². The van der Waals surface area contributed by atoms with Crippen LogP contribution in [0.15, 0.2) is 48.5 Å². The predicted octanol–water partition coefficient (Wildman–Crippen LogP) is 4.36. The number of hydrogen-bond donors (Lipinski definition) is 1. The lowest BCUT2D eigenvalue weighted by Crippen LogP contribution is -2.48. The van der Waals surface area contributed by atoms with Gasteiger partial charge in [-0.15, -0.1) is 0 Å². The van der Waals surface area contributed by atoms with Crippen molar-refractivity contribution in [2.24, 2.45) is 0 Å². The molecule has 1 N–H and O–H groups in total. The molecule has 0 aliphatic rings. The lowest BCUT2D eigenvalue weighted by atomic mass is 10.1. The van der Waals surface area contributed by atoms with Crippen molar-refractivity contribution in [3.8, 4) is 0 Å². The molecule has 0 bridgehead atoms. The van der Waals surface area contributed by atoms with Gasteiger partial charge in [-0.1, -0.05) is 49.2 Å². The van der Waals surface area contributed by atoms with Crippen LogP contribution in [0, 0.1) is 5.82 Å². The van der Waals surface area contributed by atoms with Crippen LogP contribution >= 0.6 is 11.6 Å². The third-order valence-electron chi connectivity index (χ3n) is 4.51. The van der Waals surface area contributed by atoms with Gasteiger partial charge in [0.2, 0.25) is 11.8 Å². The average Bonchev–Trinajstić information content (AvgIpc) is 2.67. The maximum Gasteiger partial charge on any atom is 0.242 e. The van der Waals surface area contributed by atoms with Crippen LogP contribution in [0.1, 0.15) is 37.8 Å². The van der Waals surface area contributed by atoms with E-state index in [1.54, 1.807) is 31.2 Å². The maximum absolute atomic E-state index is 13.1. The van der Waals surface area contributed by atoms with E-state index in [0.29, 0.717) is 17.1 Å². The van der Waals surface area contributed by atoms with Crippen molar-refractivity contribution in [1.29, 1.82) is 0 Å². The summed E-state index contributed by atoms with van der Waals surface area (Å²) in [6, 6.07) is 12.4. The molecule has 0 aliphatic carbocycles. The first kappa shape index (κ1) is 21.9. The number of hydrogen-bond acceptors (Lipinski definition) is 2. The fourth-order valence-corrected chi connectivity index (χ4v) is 3.04. The van der Waals surface area contributed by atoms with Crippen LogP contribution in [0.4, 0.5) is 4.39 Å². The SMILES string of the molecule is CCCCNC(=O)[C@H](C)N(Cc1cccc(Cl)c1)C(=O)Cc1ccc(F)cc1. The summed E-state index contributed by atoms with van der Waals surface area (Å²) in [6.07, 6.45) is 1.95. The lowest BCUT2D eigenvalue weighted by Gasteiger charge is -2.29. The molecule has 28 heavy (non-hydrogen) atoms. The fourth-order valence-electron chi connectivity index (χ4n) is 2.83. The van der Waals surface area contributed by atoms with Crippen LogP contribution in [0.25, 0.3) is 0 Å². The van der Waals surface area contributed by atoms with Crippen LogP contribution < -0.4 is 5.32 Å². The quantitative estimate of drug-likeness (QED) is 0.631. The molecular formula is C22H26ClFN2O2. The third-order valence-corrected chi connectivity index (χ3v) is 4.74. The van der Waals surface area contributed by atoms with Gasteiger partial charge in [0.25, 0.3) is 0 Å². The number of unbranched alkanes of at least 4 members (excludes halogenated alkanes) is 1. The van der Waals surface area contributed by atoms with Gasteiger partial charge in [-0.2, -0.15) is 0 Å².